The first-order valence-electron chi connectivity index (χ1n) is 13.9. The molecule has 208 valence electrons. The van der Waals surface area contributed by atoms with E-state index in [0.717, 1.165) is 63.0 Å². The lowest BCUT2D eigenvalue weighted by atomic mass is 10.00. The van der Waals surface area contributed by atoms with Gasteiger partial charge in [-0.1, -0.05) is 67.7 Å². The molecule has 0 N–H and O–H groups in total. The number of Topliss-reactive ketones (excluding diaryl/α,β-unsaturated/α-hetero) is 1. The van der Waals surface area contributed by atoms with Crippen molar-refractivity contribution in [3.63, 3.8) is 0 Å². The Kier molecular flexibility index (Phi) is 8.85. The average Bonchev–Trinajstić information content (AvgIpc) is 3.34. The van der Waals surface area contributed by atoms with E-state index in [1.165, 1.54) is 6.92 Å². The minimum Gasteiger partial charge on any atom is -0.318 e. The van der Waals surface area contributed by atoms with Crippen LogP contribution in [0.3, 0.4) is 0 Å². The number of benzene rings is 4. The molecule has 1 heterocycles. The molecule has 0 saturated heterocycles. The summed E-state index contributed by atoms with van der Waals surface area (Å²) in [5.41, 5.74) is 3.62. The molecule has 0 aliphatic rings. The summed E-state index contributed by atoms with van der Waals surface area (Å²) in [6, 6.07) is 30.8. The van der Waals surface area contributed by atoms with Crippen LogP contribution in [0.1, 0.15) is 56.3 Å². The Morgan fingerprint density at radius 2 is 1.46 bits per heavy atom. The molecule has 0 aliphatic carbocycles. The van der Waals surface area contributed by atoms with Gasteiger partial charge in [0.05, 0.1) is 21.8 Å². The smallest absolute Gasteiger partial charge is 0.318 e. The summed E-state index contributed by atoms with van der Waals surface area (Å²) in [6.45, 7) is 3.40. The Labute approximate surface area is 242 Å². The maximum atomic E-state index is 13.5. The van der Waals surface area contributed by atoms with Crippen molar-refractivity contribution in [3.8, 4) is 5.69 Å². The Hall–Kier alpha value is -4.36. The third-order valence-electron chi connectivity index (χ3n) is 7.01. The van der Waals surface area contributed by atoms with Gasteiger partial charge in [0.1, 0.15) is 5.71 Å². The van der Waals surface area contributed by atoms with E-state index < -0.39 is 16.8 Å². The van der Waals surface area contributed by atoms with Crippen molar-refractivity contribution in [2.24, 2.45) is 5.16 Å². The Balaban J connectivity index is 1.52. The quantitative estimate of drug-likeness (QED) is 0.0535. The third-order valence-corrected chi connectivity index (χ3v) is 8.42. The van der Waals surface area contributed by atoms with Crippen molar-refractivity contribution in [1.29, 1.82) is 0 Å². The van der Waals surface area contributed by atoms with E-state index in [4.69, 9.17) is 4.84 Å². The SMILES string of the molecule is CCCCCCC(=NOC(C)=O)C(=O)c1ccc2c(c1)c1ccccc1n2-c1ccc(S(=O)c2ccccc2)cc1. The van der Waals surface area contributed by atoms with Crippen LogP contribution in [0.25, 0.3) is 27.5 Å². The molecule has 0 amide bonds. The normalized spacial score (nSPS) is 12.5. The fourth-order valence-electron chi connectivity index (χ4n) is 5.00. The maximum Gasteiger partial charge on any atom is 0.331 e. The van der Waals surface area contributed by atoms with Gasteiger partial charge in [-0.2, -0.15) is 0 Å². The van der Waals surface area contributed by atoms with Gasteiger partial charge in [-0.3, -0.25) is 4.79 Å². The molecule has 4 aromatic carbocycles. The van der Waals surface area contributed by atoms with Crippen molar-refractivity contribution in [3.05, 3.63) is 103 Å². The summed E-state index contributed by atoms with van der Waals surface area (Å²) in [5.74, 6) is -0.796. The molecule has 7 heteroatoms. The first kappa shape index (κ1) is 28.2. The summed E-state index contributed by atoms with van der Waals surface area (Å²) < 4.78 is 15.2. The Morgan fingerprint density at radius 3 is 2.20 bits per heavy atom. The van der Waals surface area contributed by atoms with E-state index in [9.17, 15) is 13.8 Å². The first-order valence-corrected chi connectivity index (χ1v) is 15.0. The number of carbonyl (C=O) groups is 2. The Bertz CT molecular complexity index is 1750. The number of nitrogens with zero attached hydrogens (tertiary/aromatic N) is 2. The van der Waals surface area contributed by atoms with E-state index in [0.29, 0.717) is 12.0 Å². The standard InChI is InChI=1S/C34H32N2O4S/c1-3-4-5-9-15-31(35-40-24(2)37)34(38)25-17-22-33-30(23-25)29-14-10-11-16-32(29)36(33)26-18-20-28(21-19-26)41(39)27-12-7-6-8-13-27/h6-8,10-14,16-23H,3-5,9,15H2,1-2H3. The maximum absolute atomic E-state index is 13.5. The van der Waals surface area contributed by atoms with Crippen LogP contribution < -0.4 is 0 Å². The molecule has 0 radical (unpaired) electrons. The van der Waals surface area contributed by atoms with E-state index in [1.807, 2.05) is 91.0 Å². The number of oxime groups is 1. The zero-order chi connectivity index (χ0) is 28.8. The van der Waals surface area contributed by atoms with Crippen molar-refractivity contribution < 1.29 is 18.6 Å². The predicted octanol–water partition coefficient (Wildman–Crippen LogP) is 8.02. The van der Waals surface area contributed by atoms with Gasteiger partial charge in [0.25, 0.3) is 0 Å². The number of unbranched alkanes of at least 4 members (excludes halogenated alkanes) is 3. The summed E-state index contributed by atoms with van der Waals surface area (Å²) in [4.78, 5) is 31.3. The molecule has 0 aliphatic heterocycles. The number of para-hydroxylation sites is 1. The predicted molar refractivity (Wildman–Crippen MR) is 164 cm³/mol. The summed E-state index contributed by atoms with van der Waals surface area (Å²) in [5, 5.41) is 5.87. The van der Waals surface area contributed by atoms with Gasteiger partial charge in [0, 0.05) is 38.7 Å². The van der Waals surface area contributed by atoms with Crippen molar-refractivity contribution in [2.45, 2.75) is 55.7 Å². The number of aromatic nitrogens is 1. The van der Waals surface area contributed by atoms with Crippen LogP contribution in [0.4, 0.5) is 0 Å². The van der Waals surface area contributed by atoms with Crippen molar-refractivity contribution >= 4 is 50.1 Å². The molecular weight excluding hydrogens is 532 g/mol. The van der Waals surface area contributed by atoms with Gasteiger partial charge in [-0.05, 0) is 73.5 Å². The summed E-state index contributed by atoms with van der Waals surface area (Å²) >= 11 is 0. The minimum atomic E-state index is -1.27. The minimum absolute atomic E-state index is 0.241. The van der Waals surface area contributed by atoms with Crippen LogP contribution in [0.5, 0.6) is 0 Å². The third kappa shape index (κ3) is 6.20. The van der Waals surface area contributed by atoms with Gasteiger partial charge in [0.15, 0.2) is 0 Å². The fraction of sp³-hybridized carbons (Fsp3) is 0.206. The highest BCUT2D eigenvalue weighted by Gasteiger charge is 2.19. The molecule has 41 heavy (non-hydrogen) atoms. The van der Waals surface area contributed by atoms with Crippen LogP contribution in [-0.4, -0.2) is 26.2 Å². The largest absolute Gasteiger partial charge is 0.331 e. The van der Waals surface area contributed by atoms with Crippen LogP contribution in [0.2, 0.25) is 0 Å². The second-order valence-electron chi connectivity index (χ2n) is 9.92. The van der Waals surface area contributed by atoms with Crippen LogP contribution in [0, 0.1) is 0 Å². The number of carbonyl (C=O) groups excluding carboxylic acids is 2. The van der Waals surface area contributed by atoms with Gasteiger partial charge in [-0.15, -0.1) is 0 Å². The number of ketones is 1. The fourth-order valence-corrected chi connectivity index (χ4v) is 6.06. The molecule has 0 spiro atoms. The first-order chi connectivity index (χ1) is 20.0. The molecule has 1 atom stereocenters. The lowest BCUT2D eigenvalue weighted by Gasteiger charge is -2.10. The Morgan fingerprint density at radius 1 is 0.780 bits per heavy atom. The molecule has 5 aromatic rings. The topological polar surface area (TPSA) is 77.7 Å². The van der Waals surface area contributed by atoms with Crippen molar-refractivity contribution in [1.82, 2.24) is 4.57 Å². The van der Waals surface area contributed by atoms with Crippen LogP contribution in [0.15, 0.2) is 112 Å². The lowest BCUT2D eigenvalue weighted by molar-refractivity contribution is -0.140. The molecule has 1 aromatic heterocycles. The number of rotatable bonds is 11. The molecular formula is C34H32N2O4S. The zero-order valence-corrected chi connectivity index (χ0v) is 24.0. The highest BCUT2D eigenvalue weighted by molar-refractivity contribution is 7.85. The van der Waals surface area contributed by atoms with Crippen LogP contribution >= 0.6 is 0 Å². The van der Waals surface area contributed by atoms with Gasteiger partial charge in [0.2, 0.25) is 5.78 Å². The highest BCUT2D eigenvalue weighted by Crippen LogP contribution is 2.33. The second kappa shape index (κ2) is 12.9. The van der Waals surface area contributed by atoms with Gasteiger partial charge < -0.3 is 9.40 Å². The van der Waals surface area contributed by atoms with Gasteiger partial charge >= 0.3 is 5.97 Å². The molecule has 0 fully saturated rings. The number of hydrogen-bond acceptors (Lipinski definition) is 5. The van der Waals surface area contributed by atoms with Gasteiger partial charge in [-0.25, -0.2) is 9.00 Å². The number of hydrogen-bond donors (Lipinski definition) is 0. The molecule has 0 saturated carbocycles. The molecule has 0 bridgehead atoms. The molecule has 1 unspecified atom stereocenters. The van der Waals surface area contributed by atoms with E-state index in [2.05, 4.69) is 16.6 Å². The molecule has 5 rings (SSSR count). The molecule has 6 nitrogen and oxygen atoms in total. The van der Waals surface area contributed by atoms with E-state index in [-0.39, 0.29) is 11.5 Å². The number of fused-ring (bicyclic) bond motifs is 3. The zero-order valence-electron chi connectivity index (χ0n) is 23.2. The monoisotopic (exact) mass is 564 g/mol. The second-order valence-corrected chi connectivity index (χ2v) is 11.4. The lowest BCUT2D eigenvalue weighted by Crippen LogP contribution is -2.16. The highest BCUT2D eigenvalue weighted by atomic mass is 32.2. The average molecular weight is 565 g/mol. The summed E-state index contributed by atoms with van der Waals surface area (Å²) in [7, 11) is -1.27. The summed E-state index contributed by atoms with van der Waals surface area (Å²) in [6.07, 6.45) is 4.38. The van der Waals surface area contributed by atoms with E-state index in [1.54, 1.807) is 6.07 Å². The van der Waals surface area contributed by atoms with E-state index >= 15 is 0 Å². The van der Waals surface area contributed by atoms with Crippen molar-refractivity contribution in [2.75, 3.05) is 0 Å². The van der Waals surface area contributed by atoms with Crippen LogP contribution in [-0.2, 0) is 20.4 Å².